The zero-order valence-corrected chi connectivity index (χ0v) is 22.4. The quantitative estimate of drug-likeness (QED) is 0.193. The van der Waals surface area contributed by atoms with Gasteiger partial charge in [0.1, 0.15) is 0 Å². The molecule has 0 unspecified atom stereocenters. The predicted octanol–water partition coefficient (Wildman–Crippen LogP) is 8.42. The van der Waals surface area contributed by atoms with Gasteiger partial charge in [-0.3, -0.25) is 0 Å². The minimum absolute atomic E-state index is 0.250. The van der Waals surface area contributed by atoms with Crippen molar-refractivity contribution in [1.82, 2.24) is 4.57 Å². The summed E-state index contributed by atoms with van der Waals surface area (Å²) in [5.41, 5.74) is 9.39. The molecule has 0 aliphatic carbocycles. The van der Waals surface area contributed by atoms with Gasteiger partial charge in [-0.25, -0.2) is 0 Å². The Kier molecular flexibility index (Phi) is 11.7. The van der Waals surface area contributed by atoms with Crippen molar-refractivity contribution in [3.05, 3.63) is 60.3 Å². The Labute approximate surface area is 194 Å². The van der Waals surface area contributed by atoms with E-state index in [0.717, 1.165) is 16.1 Å². The standard InChI is InChI=1S/C17H14N.C4H10N.C2H7Si.2ClH.Ti/c1-2-18-15-10-6-5-9-14(15)17-13-8-4-3-7-12(13)11-16(17)18;1-4(2,3)5;1-3-2;;;/h3-11H,2H2,1H3;5H,1-3H3;3H,1-2H3;2*1H;/q2*-1;;;;+2/p-2. The molecule has 0 saturated heterocycles. The van der Waals surface area contributed by atoms with E-state index < -0.39 is 17.0 Å². The molecule has 1 N–H and O–H groups in total. The number of aromatic nitrogens is 1. The van der Waals surface area contributed by atoms with E-state index in [-0.39, 0.29) is 5.54 Å². The van der Waals surface area contributed by atoms with Gasteiger partial charge in [0.25, 0.3) is 0 Å². The summed E-state index contributed by atoms with van der Waals surface area (Å²) in [6.07, 6.45) is 0. The van der Waals surface area contributed by atoms with E-state index in [2.05, 4.69) is 79.2 Å². The summed E-state index contributed by atoms with van der Waals surface area (Å²) < 4.78 is 2.41. The number of benzene rings is 2. The fourth-order valence-electron chi connectivity index (χ4n) is 3.09. The van der Waals surface area contributed by atoms with Gasteiger partial charge in [0.05, 0.1) is 0 Å². The average molecular weight is 482 g/mol. The molecule has 1 aromatic heterocycles. The maximum absolute atomic E-state index is 6.94. The van der Waals surface area contributed by atoms with E-state index in [1.807, 2.05) is 20.8 Å². The number of rotatable bonds is 1. The van der Waals surface area contributed by atoms with Gasteiger partial charge in [0, 0.05) is 21.6 Å². The molecule has 4 aromatic rings. The minimum atomic E-state index is -0.556. The van der Waals surface area contributed by atoms with Gasteiger partial charge in [-0.15, -0.1) is 40.6 Å². The predicted molar refractivity (Wildman–Crippen MR) is 133 cm³/mol. The normalized spacial score (nSPS) is 10.5. The van der Waals surface area contributed by atoms with E-state index >= 15 is 0 Å². The molecule has 0 aliphatic heterocycles. The van der Waals surface area contributed by atoms with Crippen molar-refractivity contribution in [3.8, 4) is 0 Å². The maximum atomic E-state index is 6.94. The summed E-state index contributed by atoms with van der Waals surface area (Å²) in [4.78, 5) is 0. The number of fused-ring (bicyclic) bond motifs is 5. The van der Waals surface area contributed by atoms with Gasteiger partial charge in [-0.1, -0.05) is 63.5 Å². The molecule has 29 heavy (non-hydrogen) atoms. The first-order valence-electron chi connectivity index (χ1n) is 9.74. The van der Waals surface area contributed by atoms with Crippen LogP contribution >= 0.6 is 18.6 Å². The van der Waals surface area contributed by atoms with Crippen LogP contribution in [0.3, 0.4) is 0 Å². The molecule has 0 atom stereocenters. The van der Waals surface area contributed by atoms with Crippen molar-refractivity contribution in [2.75, 3.05) is 0 Å². The third-order valence-electron chi connectivity index (χ3n) is 3.85. The summed E-state index contributed by atoms with van der Waals surface area (Å²) in [5.74, 6) is 0. The van der Waals surface area contributed by atoms with Gasteiger partial charge < -0.3 is 10.3 Å². The van der Waals surface area contributed by atoms with Crippen molar-refractivity contribution in [3.63, 3.8) is 0 Å². The fraction of sp³-hybridized carbons (Fsp3) is 0.348. The number of para-hydroxylation sites is 1. The van der Waals surface area contributed by atoms with Crippen LogP contribution in [0, 0.1) is 0 Å². The molecule has 0 bridgehead atoms. The summed E-state index contributed by atoms with van der Waals surface area (Å²) >= 11 is -0.556. The number of halogens is 2. The van der Waals surface area contributed by atoms with Crippen LogP contribution in [0.4, 0.5) is 0 Å². The Morgan fingerprint density at radius 3 is 1.97 bits per heavy atom. The van der Waals surface area contributed by atoms with Crippen LogP contribution in [-0.2, 0) is 23.6 Å². The molecule has 0 fully saturated rings. The first-order valence-corrected chi connectivity index (χ1v) is 16.3. The first kappa shape index (κ1) is 26.4. The van der Waals surface area contributed by atoms with Crippen molar-refractivity contribution in [2.24, 2.45) is 0 Å². The molecule has 4 rings (SSSR count). The summed E-state index contributed by atoms with van der Waals surface area (Å²) in [5, 5.41) is 5.49. The molecule has 2 nitrogen and oxygen atoms in total. The van der Waals surface area contributed by atoms with Gasteiger partial charge in [0.2, 0.25) is 0 Å². The Morgan fingerprint density at radius 2 is 1.45 bits per heavy atom. The number of hydrogen-bond donors (Lipinski definition) is 0. The van der Waals surface area contributed by atoms with Gasteiger partial charge in [0.15, 0.2) is 0 Å². The first-order chi connectivity index (χ1) is 13.7. The average Bonchev–Trinajstić information content (AvgIpc) is 3.16. The van der Waals surface area contributed by atoms with E-state index in [1.54, 1.807) is 0 Å². The second kappa shape index (κ2) is 12.9. The molecule has 1 heterocycles. The second-order valence-corrected chi connectivity index (χ2v) is 11.4. The van der Waals surface area contributed by atoms with Crippen molar-refractivity contribution in [2.45, 2.75) is 52.9 Å². The van der Waals surface area contributed by atoms with Crippen LogP contribution in [0.5, 0.6) is 0 Å². The van der Waals surface area contributed by atoms with E-state index in [9.17, 15) is 0 Å². The topological polar surface area (TPSA) is 28.7 Å². The number of nitrogens with one attached hydrogen (secondary N) is 1. The van der Waals surface area contributed by atoms with Crippen LogP contribution in [-0.4, -0.2) is 19.6 Å². The van der Waals surface area contributed by atoms with Crippen LogP contribution in [0.25, 0.3) is 38.3 Å². The third kappa shape index (κ3) is 7.82. The Hall–Kier alpha value is -0.679. The summed E-state index contributed by atoms with van der Waals surface area (Å²) in [6.45, 7) is 13.2. The molecular formula is C23H31Cl2N2SiTi-2. The molecule has 0 amide bonds. The molecule has 157 valence electrons. The van der Waals surface area contributed by atoms with E-state index in [1.165, 1.54) is 32.6 Å². The summed E-state index contributed by atoms with van der Waals surface area (Å²) in [6, 6.07) is 19.7. The zero-order chi connectivity index (χ0) is 22.0. The Morgan fingerprint density at radius 1 is 1.00 bits per heavy atom. The zero-order valence-electron chi connectivity index (χ0n) is 18.2. The molecule has 0 spiro atoms. The number of aryl methyl sites for hydroxylation is 1. The molecule has 0 aliphatic rings. The molecular weight excluding hydrogens is 451 g/mol. The Balaban J connectivity index is 0.000000323. The molecule has 6 heteroatoms. The summed E-state index contributed by atoms with van der Waals surface area (Å²) in [7, 11) is 10.5. The van der Waals surface area contributed by atoms with Crippen LogP contribution in [0.1, 0.15) is 27.7 Å². The number of nitrogens with zero attached hydrogens (tertiary/aromatic N) is 1. The van der Waals surface area contributed by atoms with Crippen LogP contribution in [0.15, 0.2) is 54.6 Å². The second-order valence-electron chi connectivity index (χ2n) is 7.65. The number of hydrogen-bond acceptors (Lipinski definition) is 0. The van der Waals surface area contributed by atoms with Gasteiger partial charge in [-0.05, 0) is 23.9 Å². The molecule has 0 saturated carbocycles. The molecule has 1 radical (unpaired) electrons. The monoisotopic (exact) mass is 481 g/mol. The fourth-order valence-corrected chi connectivity index (χ4v) is 3.09. The van der Waals surface area contributed by atoms with E-state index in [0.29, 0.717) is 0 Å². The van der Waals surface area contributed by atoms with Crippen molar-refractivity contribution >= 4 is 60.7 Å². The molecule has 3 aromatic carbocycles. The van der Waals surface area contributed by atoms with E-state index in [4.69, 9.17) is 24.3 Å². The van der Waals surface area contributed by atoms with Crippen LogP contribution < -0.4 is 0 Å². The van der Waals surface area contributed by atoms with Gasteiger partial charge >= 0.3 is 35.6 Å². The SMILES string of the molecule is CC(C)(C)[NH-].CCn1c2ccccc2c2c3ccccc3[cH-]c21.C[SiH]C.[Cl][Ti][Cl]. The van der Waals surface area contributed by atoms with Gasteiger partial charge in [-0.2, -0.15) is 0 Å². The van der Waals surface area contributed by atoms with Crippen molar-refractivity contribution < 1.29 is 17.0 Å². The van der Waals surface area contributed by atoms with Crippen molar-refractivity contribution in [1.29, 1.82) is 0 Å². The van der Waals surface area contributed by atoms with Crippen LogP contribution in [0.2, 0.25) is 13.1 Å². The Bertz CT molecular complexity index is 995. The third-order valence-corrected chi connectivity index (χ3v) is 3.85.